The maximum Gasteiger partial charge on any atom is 0.265 e. The largest absolute Gasteiger partial charge is 0.431 e. The first-order valence-corrected chi connectivity index (χ1v) is 4.25. The minimum Gasteiger partial charge on any atom is -0.431 e. The van der Waals surface area contributed by atoms with E-state index in [9.17, 15) is 0 Å². The molecule has 0 saturated carbocycles. The fraction of sp³-hybridized carbons (Fsp3) is 0. The van der Waals surface area contributed by atoms with Gasteiger partial charge in [0.05, 0.1) is 0 Å². The molecule has 1 heterocycles. The van der Waals surface area contributed by atoms with E-state index < -0.39 is 0 Å². The van der Waals surface area contributed by atoms with E-state index in [1.165, 1.54) is 0 Å². The molecule has 2 nitrogen and oxygen atoms in total. The van der Waals surface area contributed by atoms with Gasteiger partial charge in [-0.15, -0.1) is 12.6 Å². The minimum atomic E-state index is 0.506. The highest BCUT2D eigenvalue weighted by molar-refractivity contribution is 9.10. The van der Waals surface area contributed by atoms with E-state index in [0.717, 1.165) is 16.0 Å². The van der Waals surface area contributed by atoms with E-state index in [1.54, 1.807) is 0 Å². The SMILES string of the molecule is Sc1ccc2oc(Br)nc2c1. The Balaban J connectivity index is 2.82. The lowest BCUT2D eigenvalue weighted by molar-refractivity contribution is 0.570. The van der Waals surface area contributed by atoms with Crippen LogP contribution in [0.3, 0.4) is 0 Å². The molecule has 1 aromatic heterocycles. The topological polar surface area (TPSA) is 26.0 Å². The summed E-state index contributed by atoms with van der Waals surface area (Å²) in [5, 5.41) is 0. The van der Waals surface area contributed by atoms with Crippen LogP contribution in [0.2, 0.25) is 0 Å². The molecule has 0 saturated heterocycles. The molecular formula is C7H4BrNOS. The van der Waals surface area contributed by atoms with Crippen LogP contribution >= 0.6 is 28.6 Å². The molecule has 0 aliphatic heterocycles. The van der Waals surface area contributed by atoms with E-state index >= 15 is 0 Å². The van der Waals surface area contributed by atoms with Gasteiger partial charge in [0.2, 0.25) is 0 Å². The van der Waals surface area contributed by atoms with Gasteiger partial charge in [-0.25, -0.2) is 4.98 Å². The average molecular weight is 230 g/mol. The molecular weight excluding hydrogens is 226 g/mol. The monoisotopic (exact) mass is 229 g/mol. The van der Waals surface area contributed by atoms with E-state index in [2.05, 4.69) is 33.5 Å². The number of halogens is 1. The number of oxazole rings is 1. The van der Waals surface area contributed by atoms with Crippen molar-refractivity contribution in [2.45, 2.75) is 4.90 Å². The molecule has 2 aromatic rings. The Hall–Kier alpha value is -0.480. The van der Waals surface area contributed by atoms with E-state index in [-0.39, 0.29) is 0 Å². The van der Waals surface area contributed by atoms with Crippen LogP contribution in [0, 0.1) is 0 Å². The lowest BCUT2D eigenvalue weighted by Crippen LogP contribution is -1.67. The van der Waals surface area contributed by atoms with Gasteiger partial charge in [-0.3, -0.25) is 0 Å². The Labute approximate surface area is 77.1 Å². The Bertz CT molecular complexity index is 398. The quantitative estimate of drug-likeness (QED) is 0.704. The van der Waals surface area contributed by atoms with Crippen molar-refractivity contribution in [3.63, 3.8) is 0 Å². The van der Waals surface area contributed by atoms with Crippen molar-refractivity contribution in [3.8, 4) is 0 Å². The smallest absolute Gasteiger partial charge is 0.265 e. The lowest BCUT2D eigenvalue weighted by Gasteiger charge is -1.86. The zero-order chi connectivity index (χ0) is 7.84. The Morgan fingerprint density at radius 1 is 1.45 bits per heavy atom. The minimum absolute atomic E-state index is 0.506. The first-order valence-electron chi connectivity index (χ1n) is 3.01. The van der Waals surface area contributed by atoms with Crippen LogP contribution in [-0.2, 0) is 0 Å². The number of fused-ring (bicyclic) bond motifs is 1. The zero-order valence-electron chi connectivity index (χ0n) is 5.41. The summed E-state index contributed by atoms with van der Waals surface area (Å²) in [6.07, 6.45) is 0. The Morgan fingerprint density at radius 3 is 3.09 bits per heavy atom. The fourth-order valence-corrected chi connectivity index (χ4v) is 1.45. The molecule has 0 radical (unpaired) electrons. The first-order chi connectivity index (χ1) is 5.25. The van der Waals surface area contributed by atoms with Crippen LogP contribution in [0.1, 0.15) is 0 Å². The lowest BCUT2D eigenvalue weighted by atomic mass is 10.3. The highest BCUT2D eigenvalue weighted by Crippen LogP contribution is 2.21. The van der Waals surface area contributed by atoms with Crippen LogP contribution in [0.5, 0.6) is 0 Å². The van der Waals surface area contributed by atoms with Crippen molar-refractivity contribution >= 4 is 39.7 Å². The van der Waals surface area contributed by atoms with Crippen LogP contribution < -0.4 is 0 Å². The first kappa shape index (κ1) is 7.18. The molecule has 0 aliphatic carbocycles. The van der Waals surface area contributed by atoms with Crippen molar-refractivity contribution in [1.29, 1.82) is 0 Å². The second-order valence-electron chi connectivity index (χ2n) is 2.12. The van der Waals surface area contributed by atoms with Gasteiger partial charge < -0.3 is 4.42 Å². The molecule has 0 unspecified atom stereocenters. The summed E-state index contributed by atoms with van der Waals surface area (Å²) in [5.41, 5.74) is 1.60. The van der Waals surface area contributed by atoms with Crippen LogP contribution in [0.15, 0.2) is 32.3 Å². The van der Waals surface area contributed by atoms with Gasteiger partial charge in [-0.2, -0.15) is 0 Å². The second-order valence-corrected chi connectivity index (χ2v) is 3.31. The summed E-state index contributed by atoms with van der Waals surface area (Å²) in [6.45, 7) is 0. The number of benzene rings is 1. The summed E-state index contributed by atoms with van der Waals surface area (Å²) in [4.78, 5) is 5.47. The van der Waals surface area contributed by atoms with Crippen molar-refractivity contribution in [1.82, 2.24) is 4.98 Å². The summed E-state index contributed by atoms with van der Waals surface area (Å²) in [6, 6.07) is 5.56. The number of hydrogen-bond acceptors (Lipinski definition) is 3. The van der Waals surface area contributed by atoms with Crippen LogP contribution in [0.25, 0.3) is 11.1 Å². The Kier molecular flexibility index (Phi) is 1.65. The summed E-state index contributed by atoms with van der Waals surface area (Å²) in [7, 11) is 0. The number of nitrogens with zero attached hydrogens (tertiary/aromatic N) is 1. The fourth-order valence-electron chi connectivity index (χ4n) is 0.888. The van der Waals surface area contributed by atoms with Gasteiger partial charge >= 0.3 is 0 Å². The predicted octanol–water partition coefficient (Wildman–Crippen LogP) is 2.88. The van der Waals surface area contributed by atoms with Gasteiger partial charge in [0.25, 0.3) is 4.80 Å². The molecule has 0 spiro atoms. The normalized spacial score (nSPS) is 10.7. The Morgan fingerprint density at radius 2 is 2.27 bits per heavy atom. The van der Waals surface area contributed by atoms with Crippen molar-refractivity contribution in [2.75, 3.05) is 0 Å². The number of thiol groups is 1. The molecule has 11 heavy (non-hydrogen) atoms. The third-order valence-electron chi connectivity index (χ3n) is 1.35. The molecule has 0 N–H and O–H groups in total. The van der Waals surface area contributed by atoms with Gasteiger partial charge in [0, 0.05) is 20.8 Å². The third-order valence-corrected chi connectivity index (χ3v) is 1.96. The van der Waals surface area contributed by atoms with Gasteiger partial charge in [-0.1, -0.05) is 0 Å². The molecule has 0 bridgehead atoms. The van der Waals surface area contributed by atoms with Gasteiger partial charge in [-0.05, 0) is 18.2 Å². The van der Waals surface area contributed by atoms with E-state index in [0.29, 0.717) is 4.80 Å². The van der Waals surface area contributed by atoms with Crippen molar-refractivity contribution in [3.05, 3.63) is 23.0 Å². The van der Waals surface area contributed by atoms with Crippen LogP contribution in [0.4, 0.5) is 0 Å². The van der Waals surface area contributed by atoms with Gasteiger partial charge in [0.15, 0.2) is 5.58 Å². The molecule has 56 valence electrons. The highest BCUT2D eigenvalue weighted by atomic mass is 79.9. The summed E-state index contributed by atoms with van der Waals surface area (Å²) >= 11 is 7.32. The molecule has 0 atom stereocenters. The summed E-state index contributed by atoms with van der Waals surface area (Å²) < 4.78 is 5.19. The number of rotatable bonds is 0. The van der Waals surface area contributed by atoms with E-state index in [4.69, 9.17) is 4.42 Å². The van der Waals surface area contributed by atoms with Crippen LogP contribution in [-0.4, -0.2) is 4.98 Å². The molecule has 4 heteroatoms. The average Bonchev–Trinajstić information content (AvgIpc) is 2.27. The maximum atomic E-state index is 5.19. The van der Waals surface area contributed by atoms with Gasteiger partial charge in [0.1, 0.15) is 5.52 Å². The van der Waals surface area contributed by atoms with Crippen molar-refractivity contribution < 1.29 is 4.42 Å². The maximum absolute atomic E-state index is 5.19. The summed E-state index contributed by atoms with van der Waals surface area (Å²) in [5.74, 6) is 0. The molecule has 0 fully saturated rings. The molecule has 0 amide bonds. The third kappa shape index (κ3) is 1.28. The second kappa shape index (κ2) is 2.53. The predicted molar refractivity (Wildman–Crippen MR) is 49.0 cm³/mol. The molecule has 0 aliphatic rings. The standard InChI is InChI=1S/C7H4BrNOS/c8-7-9-5-3-4(11)1-2-6(5)10-7/h1-3,11H. The highest BCUT2D eigenvalue weighted by Gasteiger charge is 2.01. The zero-order valence-corrected chi connectivity index (χ0v) is 7.89. The van der Waals surface area contributed by atoms with Crippen molar-refractivity contribution in [2.24, 2.45) is 0 Å². The molecule has 1 aromatic carbocycles. The molecule has 2 rings (SSSR count). The van der Waals surface area contributed by atoms with E-state index in [1.807, 2.05) is 18.2 Å². The number of aromatic nitrogens is 1. The number of hydrogen-bond donors (Lipinski definition) is 1.